The molecule has 0 aliphatic heterocycles. The molecule has 0 heterocycles. The first-order valence-corrected chi connectivity index (χ1v) is 15.1. The van der Waals surface area contributed by atoms with Crippen LogP contribution < -0.4 is 19.5 Å². The topological polar surface area (TPSA) is 131 Å². The van der Waals surface area contributed by atoms with Crippen LogP contribution in [-0.2, 0) is 17.8 Å². The van der Waals surface area contributed by atoms with Gasteiger partial charge in [-0.15, -0.1) is 0 Å². The van der Waals surface area contributed by atoms with Crippen LogP contribution >= 0.6 is 0 Å². The highest BCUT2D eigenvalue weighted by Gasteiger charge is 2.29. The van der Waals surface area contributed by atoms with Crippen LogP contribution in [0.15, 0.2) is 66.7 Å². The summed E-state index contributed by atoms with van der Waals surface area (Å²) < 4.78 is 17.6. The Hall–Kier alpha value is -4.53. The second-order valence-electron chi connectivity index (χ2n) is 11.6. The predicted octanol–water partition coefficient (Wildman–Crippen LogP) is 6.38. The summed E-state index contributed by atoms with van der Waals surface area (Å²) in [6.07, 6.45) is 3.73. The molecule has 1 aliphatic carbocycles. The molecule has 0 spiro atoms. The van der Waals surface area contributed by atoms with Crippen LogP contribution in [-0.4, -0.2) is 47.3 Å². The van der Waals surface area contributed by atoms with Crippen molar-refractivity contribution in [3.63, 3.8) is 0 Å². The van der Waals surface area contributed by atoms with E-state index in [2.05, 4.69) is 19.2 Å². The number of hydrogen-bond acceptors (Lipinski definition) is 6. The van der Waals surface area contributed by atoms with Gasteiger partial charge in [-0.25, -0.2) is 4.79 Å². The van der Waals surface area contributed by atoms with Crippen molar-refractivity contribution in [2.75, 3.05) is 13.2 Å². The molecule has 3 aromatic rings. The SMILES string of the molecule is CC(C)COc1ccc(COc2ccc(CCCOc3ccc(C(=O)O)cc3C(=O)NC3CCCC(C(=O)O)C3)cc2)cc1. The fourth-order valence-corrected chi connectivity index (χ4v) is 5.10. The molecule has 44 heavy (non-hydrogen) atoms. The maximum absolute atomic E-state index is 13.1. The maximum atomic E-state index is 13.1. The van der Waals surface area contributed by atoms with Crippen molar-refractivity contribution in [2.45, 2.75) is 65.0 Å². The molecule has 3 N–H and O–H groups in total. The highest BCUT2D eigenvalue weighted by molar-refractivity contribution is 6.00. The van der Waals surface area contributed by atoms with E-state index < -0.39 is 23.8 Å². The standard InChI is InChI=1S/C35H41NO8/c1-23(2)21-43-29-15-10-25(11-16-29)22-44-30-13-8-24(9-14-30)5-4-18-42-32-17-12-27(35(40)41)20-31(32)33(37)36-28-7-3-6-26(19-28)34(38)39/h8-17,20,23,26,28H,3-7,18-19,21-22H2,1-2H3,(H,36,37)(H,38,39)(H,40,41). The van der Waals surface area contributed by atoms with E-state index in [1.165, 1.54) is 18.2 Å². The molecule has 4 rings (SSSR count). The second-order valence-corrected chi connectivity index (χ2v) is 11.6. The lowest BCUT2D eigenvalue weighted by molar-refractivity contribution is -0.143. The molecule has 1 saturated carbocycles. The van der Waals surface area contributed by atoms with Gasteiger partial charge in [0.2, 0.25) is 0 Å². The van der Waals surface area contributed by atoms with E-state index >= 15 is 0 Å². The number of aliphatic carboxylic acids is 1. The Kier molecular flexibility index (Phi) is 11.6. The van der Waals surface area contributed by atoms with Crippen LogP contribution in [0.3, 0.4) is 0 Å². The Bertz CT molecular complexity index is 1400. The molecule has 2 unspecified atom stereocenters. The lowest BCUT2D eigenvalue weighted by Gasteiger charge is -2.27. The number of rotatable bonds is 15. The second kappa shape index (κ2) is 15.8. The Morgan fingerprint density at radius 3 is 2.20 bits per heavy atom. The van der Waals surface area contributed by atoms with Gasteiger partial charge in [-0.05, 0) is 91.6 Å². The Balaban J connectivity index is 1.26. The van der Waals surface area contributed by atoms with Gasteiger partial charge in [-0.1, -0.05) is 44.5 Å². The number of carbonyl (C=O) groups excluding carboxylic acids is 1. The molecule has 3 aromatic carbocycles. The summed E-state index contributed by atoms with van der Waals surface area (Å²) in [6, 6.07) is 19.7. The largest absolute Gasteiger partial charge is 0.493 e. The Morgan fingerprint density at radius 1 is 0.864 bits per heavy atom. The molecule has 0 saturated heterocycles. The van der Waals surface area contributed by atoms with Gasteiger partial charge in [-0.3, -0.25) is 9.59 Å². The molecule has 0 radical (unpaired) electrons. The normalized spacial score (nSPS) is 16.2. The first-order valence-electron chi connectivity index (χ1n) is 15.1. The van der Waals surface area contributed by atoms with E-state index in [1.807, 2.05) is 48.5 Å². The third-order valence-electron chi connectivity index (χ3n) is 7.53. The molecule has 1 fully saturated rings. The van der Waals surface area contributed by atoms with E-state index in [1.54, 1.807) is 0 Å². The molecule has 0 bridgehead atoms. The third-order valence-corrected chi connectivity index (χ3v) is 7.53. The molecule has 1 amide bonds. The van der Waals surface area contributed by atoms with Crippen LogP contribution in [0.25, 0.3) is 0 Å². The minimum absolute atomic E-state index is 0.0236. The fourth-order valence-electron chi connectivity index (χ4n) is 5.10. The highest BCUT2D eigenvalue weighted by Crippen LogP contribution is 2.27. The number of nitrogens with one attached hydrogen (secondary N) is 1. The predicted molar refractivity (Wildman–Crippen MR) is 166 cm³/mol. The van der Waals surface area contributed by atoms with Crippen LogP contribution in [0.5, 0.6) is 17.2 Å². The first-order chi connectivity index (χ1) is 21.2. The number of carbonyl (C=O) groups is 3. The minimum Gasteiger partial charge on any atom is -0.493 e. The molecular weight excluding hydrogens is 562 g/mol. The number of amides is 1. The lowest BCUT2D eigenvalue weighted by Crippen LogP contribution is -2.40. The van der Waals surface area contributed by atoms with E-state index in [9.17, 15) is 24.6 Å². The average Bonchev–Trinajstić information content (AvgIpc) is 3.02. The summed E-state index contributed by atoms with van der Waals surface area (Å²) in [5.74, 6) is -0.589. The van der Waals surface area contributed by atoms with Crippen LogP contribution in [0.2, 0.25) is 0 Å². The number of carboxylic acid groups (broad SMARTS) is 2. The van der Waals surface area contributed by atoms with Gasteiger partial charge in [0.1, 0.15) is 23.9 Å². The fraction of sp³-hybridized carbons (Fsp3) is 0.400. The number of carboxylic acids is 2. The molecular formula is C35H41NO8. The zero-order valence-corrected chi connectivity index (χ0v) is 25.3. The zero-order chi connectivity index (χ0) is 31.5. The quantitative estimate of drug-likeness (QED) is 0.171. The monoisotopic (exact) mass is 603 g/mol. The van der Waals surface area contributed by atoms with E-state index in [-0.39, 0.29) is 17.2 Å². The summed E-state index contributed by atoms with van der Waals surface area (Å²) in [7, 11) is 0. The minimum atomic E-state index is -1.15. The zero-order valence-electron chi connectivity index (χ0n) is 25.3. The Morgan fingerprint density at radius 2 is 1.55 bits per heavy atom. The van der Waals surface area contributed by atoms with Gasteiger partial charge < -0.3 is 29.7 Å². The van der Waals surface area contributed by atoms with Gasteiger partial charge in [0.05, 0.1) is 30.3 Å². The van der Waals surface area contributed by atoms with Gasteiger partial charge >= 0.3 is 11.9 Å². The average molecular weight is 604 g/mol. The van der Waals surface area contributed by atoms with Gasteiger partial charge in [0.15, 0.2) is 0 Å². The number of benzene rings is 3. The van der Waals surface area contributed by atoms with Crippen LogP contribution in [0.4, 0.5) is 0 Å². The smallest absolute Gasteiger partial charge is 0.335 e. The van der Waals surface area contributed by atoms with Gasteiger partial charge in [-0.2, -0.15) is 0 Å². The summed E-state index contributed by atoms with van der Waals surface area (Å²) in [4.78, 5) is 36.1. The van der Waals surface area contributed by atoms with Crippen molar-refractivity contribution in [3.8, 4) is 17.2 Å². The summed E-state index contributed by atoms with van der Waals surface area (Å²) in [6.45, 7) is 5.69. The van der Waals surface area contributed by atoms with Crippen molar-refractivity contribution < 1.29 is 38.8 Å². The number of ether oxygens (including phenoxy) is 3. The molecule has 9 nitrogen and oxygen atoms in total. The Labute approximate surface area is 258 Å². The number of aryl methyl sites for hydroxylation is 1. The molecule has 1 aliphatic rings. The van der Waals surface area contributed by atoms with Crippen molar-refractivity contribution in [1.82, 2.24) is 5.32 Å². The summed E-state index contributed by atoms with van der Waals surface area (Å²) in [5.41, 5.74) is 2.26. The molecule has 2 atom stereocenters. The van der Waals surface area contributed by atoms with Gasteiger partial charge in [0, 0.05) is 6.04 Å². The number of hydrogen-bond donors (Lipinski definition) is 3. The number of aromatic carboxylic acids is 1. The maximum Gasteiger partial charge on any atom is 0.335 e. The lowest BCUT2D eigenvalue weighted by atomic mass is 9.85. The van der Waals surface area contributed by atoms with Crippen molar-refractivity contribution in [1.29, 1.82) is 0 Å². The molecule has 234 valence electrons. The molecule has 0 aromatic heterocycles. The van der Waals surface area contributed by atoms with Crippen molar-refractivity contribution >= 4 is 17.8 Å². The van der Waals surface area contributed by atoms with Gasteiger partial charge in [0.25, 0.3) is 5.91 Å². The summed E-state index contributed by atoms with van der Waals surface area (Å²) in [5, 5.41) is 21.7. The van der Waals surface area contributed by atoms with Crippen LogP contribution in [0.1, 0.15) is 77.8 Å². The van der Waals surface area contributed by atoms with E-state index in [4.69, 9.17) is 14.2 Å². The summed E-state index contributed by atoms with van der Waals surface area (Å²) >= 11 is 0. The highest BCUT2D eigenvalue weighted by atomic mass is 16.5. The third kappa shape index (κ3) is 9.76. The van der Waals surface area contributed by atoms with Crippen LogP contribution in [0, 0.1) is 11.8 Å². The first kappa shape index (κ1) is 32.4. The van der Waals surface area contributed by atoms with E-state index in [0.29, 0.717) is 63.6 Å². The van der Waals surface area contributed by atoms with E-state index in [0.717, 1.165) is 29.0 Å². The molecule has 9 heteroatoms. The van der Waals surface area contributed by atoms with Crippen molar-refractivity contribution in [3.05, 3.63) is 89.0 Å². The van der Waals surface area contributed by atoms with Crippen molar-refractivity contribution in [2.24, 2.45) is 11.8 Å².